The van der Waals surface area contributed by atoms with Crippen LogP contribution in [0.25, 0.3) is 0 Å². The minimum absolute atomic E-state index is 0.320. The summed E-state index contributed by atoms with van der Waals surface area (Å²) in [4.78, 5) is 3.14. The molecule has 0 aromatic rings. The van der Waals surface area contributed by atoms with Crippen molar-refractivity contribution in [3.05, 3.63) is 0 Å². The van der Waals surface area contributed by atoms with Gasteiger partial charge in [0, 0.05) is 24.8 Å². The number of hydrogen-bond donors (Lipinski definition) is 0. The van der Waals surface area contributed by atoms with E-state index in [1.165, 1.54) is 114 Å². The normalized spacial score (nSPS) is 39.3. The van der Waals surface area contributed by atoms with Crippen molar-refractivity contribution in [1.29, 1.82) is 0 Å². The largest absolute Gasteiger partial charge is 0.304 e. The van der Waals surface area contributed by atoms with Crippen molar-refractivity contribution in [2.45, 2.75) is 142 Å². The Morgan fingerprint density at radius 2 is 1.39 bits per heavy atom. The van der Waals surface area contributed by atoms with Crippen LogP contribution in [0, 0.1) is 5.41 Å². The van der Waals surface area contributed by atoms with Crippen molar-refractivity contribution < 1.29 is 4.48 Å². The predicted octanol–water partition coefficient (Wildman–Crippen LogP) is 7.13. The number of hydrogen-bond acceptors (Lipinski definition) is 1. The molecule has 3 rings (SSSR count). The van der Waals surface area contributed by atoms with E-state index in [2.05, 4.69) is 39.6 Å². The van der Waals surface area contributed by atoms with Crippen LogP contribution in [0.4, 0.5) is 0 Å². The Labute approximate surface area is 177 Å². The second kappa shape index (κ2) is 9.38. The first-order valence-corrected chi connectivity index (χ1v) is 13.1. The summed E-state index contributed by atoms with van der Waals surface area (Å²) < 4.78 is 1.36. The van der Waals surface area contributed by atoms with Crippen LogP contribution in [0.1, 0.15) is 124 Å². The Kier molecular flexibility index (Phi) is 7.57. The standard InChI is InChI=1S/C26H51N2/c1-6-25(3,4)26(7-2)27-21-17-13-10-11-15-19-23(27)24-20-16-12-8-9-14-18-22-28(24,26)5/h23-24H,6-22H2,1-5H3/q+1. The highest BCUT2D eigenvalue weighted by Crippen LogP contribution is 2.56. The molecule has 3 aliphatic heterocycles. The highest BCUT2D eigenvalue weighted by molar-refractivity contribution is 5.05. The fourth-order valence-corrected chi connectivity index (χ4v) is 8.03. The van der Waals surface area contributed by atoms with Crippen LogP contribution in [-0.2, 0) is 0 Å². The smallest absolute Gasteiger partial charge is 0.160 e. The molecule has 3 aliphatic rings. The highest BCUT2D eigenvalue weighted by atomic mass is 15.6. The number of quaternary nitrogens is 1. The lowest BCUT2D eigenvalue weighted by Crippen LogP contribution is -2.72. The predicted molar refractivity (Wildman–Crippen MR) is 122 cm³/mol. The number of nitrogens with zero attached hydrogens (tertiary/aromatic N) is 2. The molecular weight excluding hydrogens is 340 g/mol. The minimum Gasteiger partial charge on any atom is -0.304 e. The monoisotopic (exact) mass is 391 g/mol. The van der Waals surface area contributed by atoms with E-state index in [1.807, 2.05) is 0 Å². The van der Waals surface area contributed by atoms with Crippen LogP contribution in [0.2, 0.25) is 0 Å². The summed E-state index contributed by atoms with van der Waals surface area (Å²) in [5.74, 6) is 0. The van der Waals surface area contributed by atoms with Crippen LogP contribution in [0.15, 0.2) is 0 Å². The molecule has 0 amide bonds. The molecule has 3 saturated heterocycles. The summed E-state index contributed by atoms with van der Waals surface area (Å²) in [5, 5.41) is 0. The zero-order valence-corrected chi connectivity index (χ0v) is 20.1. The van der Waals surface area contributed by atoms with Gasteiger partial charge in [-0.15, -0.1) is 0 Å². The maximum Gasteiger partial charge on any atom is 0.160 e. The van der Waals surface area contributed by atoms with E-state index in [-0.39, 0.29) is 0 Å². The second-order valence-corrected chi connectivity index (χ2v) is 11.2. The van der Waals surface area contributed by atoms with E-state index in [4.69, 9.17) is 0 Å². The summed E-state index contributed by atoms with van der Waals surface area (Å²) in [6.07, 6.45) is 21.6. The second-order valence-electron chi connectivity index (χ2n) is 11.2. The van der Waals surface area contributed by atoms with Gasteiger partial charge in [0.25, 0.3) is 0 Å². The Balaban J connectivity index is 2.10. The fraction of sp³-hybridized carbons (Fsp3) is 1.00. The van der Waals surface area contributed by atoms with Crippen LogP contribution in [0.3, 0.4) is 0 Å². The van der Waals surface area contributed by atoms with Crippen molar-refractivity contribution in [3.63, 3.8) is 0 Å². The molecule has 0 saturated carbocycles. The van der Waals surface area contributed by atoms with Gasteiger partial charge in [0.15, 0.2) is 5.66 Å². The zero-order valence-electron chi connectivity index (χ0n) is 20.1. The average molecular weight is 392 g/mol. The molecule has 0 aliphatic carbocycles. The maximum atomic E-state index is 3.14. The lowest BCUT2D eigenvalue weighted by Gasteiger charge is -2.58. The quantitative estimate of drug-likeness (QED) is 0.463. The van der Waals surface area contributed by atoms with Crippen molar-refractivity contribution in [3.8, 4) is 0 Å². The number of likely N-dealkylation sites (N-methyl/N-ethyl adjacent to an activating group) is 1. The molecule has 0 bridgehead atoms. The van der Waals surface area contributed by atoms with Gasteiger partial charge in [-0.25, -0.2) is 4.90 Å². The van der Waals surface area contributed by atoms with Gasteiger partial charge in [-0.05, 0) is 38.5 Å². The van der Waals surface area contributed by atoms with E-state index < -0.39 is 0 Å². The van der Waals surface area contributed by atoms with Gasteiger partial charge in [0.1, 0.15) is 6.04 Å². The fourth-order valence-electron chi connectivity index (χ4n) is 8.03. The lowest BCUT2D eigenvalue weighted by atomic mass is 9.71. The molecule has 2 heteroatoms. The minimum atomic E-state index is 0.320. The van der Waals surface area contributed by atoms with Crippen molar-refractivity contribution >= 4 is 0 Å². The third-order valence-corrected chi connectivity index (χ3v) is 9.63. The maximum absolute atomic E-state index is 3.14. The lowest BCUT2D eigenvalue weighted by molar-refractivity contribution is -0.983. The van der Waals surface area contributed by atoms with Crippen LogP contribution in [0.5, 0.6) is 0 Å². The highest BCUT2D eigenvalue weighted by Gasteiger charge is 2.69. The number of fused-ring (bicyclic) bond motifs is 3. The summed E-state index contributed by atoms with van der Waals surface area (Å²) in [6.45, 7) is 13.0. The summed E-state index contributed by atoms with van der Waals surface area (Å²) in [5.41, 5.74) is 0.683. The van der Waals surface area contributed by atoms with E-state index in [0.29, 0.717) is 11.1 Å². The molecule has 3 heterocycles. The topological polar surface area (TPSA) is 3.24 Å². The van der Waals surface area contributed by atoms with E-state index in [0.717, 1.165) is 12.1 Å². The van der Waals surface area contributed by atoms with Gasteiger partial charge in [0.05, 0.1) is 19.6 Å². The van der Waals surface area contributed by atoms with Gasteiger partial charge in [-0.1, -0.05) is 72.6 Å². The molecule has 164 valence electrons. The van der Waals surface area contributed by atoms with Gasteiger partial charge in [-0.2, -0.15) is 0 Å². The molecular formula is C26H51N2+. The Morgan fingerprint density at radius 1 is 0.821 bits per heavy atom. The van der Waals surface area contributed by atoms with E-state index >= 15 is 0 Å². The van der Waals surface area contributed by atoms with Crippen LogP contribution >= 0.6 is 0 Å². The van der Waals surface area contributed by atoms with Gasteiger partial charge < -0.3 is 4.48 Å². The van der Waals surface area contributed by atoms with Crippen LogP contribution in [-0.4, -0.2) is 47.3 Å². The molecule has 4 atom stereocenters. The molecule has 28 heavy (non-hydrogen) atoms. The third-order valence-electron chi connectivity index (χ3n) is 9.63. The first-order valence-electron chi connectivity index (χ1n) is 13.1. The number of rotatable bonds is 3. The average Bonchev–Trinajstić information content (AvgIpc) is 2.95. The zero-order chi connectivity index (χ0) is 20.3. The van der Waals surface area contributed by atoms with E-state index in [9.17, 15) is 0 Å². The van der Waals surface area contributed by atoms with Gasteiger partial charge in [0.2, 0.25) is 0 Å². The summed E-state index contributed by atoms with van der Waals surface area (Å²) in [7, 11) is 2.71. The molecule has 0 N–H and O–H groups in total. The molecule has 4 unspecified atom stereocenters. The van der Waals surface area contributed by atoms with Gasteiger partial charge >= 0.3 is 0 Å². The molecule has 3 fully saturated rings. The van der Waals surface area contributed by atoms with E-state index in [1.54, 1.807) is 0 Å². The van der Waals surface area contributed by atoms with Crippen LogP contribution < -0.4 is 0 Å². The van der Waals surface area contributed by atoms with Crippen molar-refractivity contribution in [1.82, 2.24) is 4.90 Å². The molecule has 0 aromatic carbocycles. The SMILES string of the molecule is CCC(C)(C)C1(CC)N2CCCCCCCC2C2CCCCCCCC[N+]21C. The Hall–Kier alpha value is -0.0800. The molecule has 0 radical (unpaired) electrons. The van der Waals surface area contributed by atoms with Crippen molar-refractivity contribution in [2.24, 2.45) is 5.41 Å². The summed E-state index contributed by atoms with van der Waals surface area (Å²) in [6, 6.07) is 1.69. The molecule has 0 spiro atoms. The Morgan fingerprint density at radius 3 is 2.04 bits per heavy atom. The first kappa shape index (κ1) is 22.6. The molecule has 0 aromatic heterocycles. The first-order chi connectivity index (χ1) is 13.4. The Bertz CT molecular complexity index is 487. The van der Waals surface area contributed by atoms with Crippen molar-refractivity contribution in [2.75, 3.05) is 20.1 Å². The summed E-state index contributed by atoms with van der Waals surface area (Å²) >= 11 is 0. The molecule has 2 nitrogen and oxygen atoms in total. The third kappa shape index (κ3) is 3.70. The van der Waals surface area contributed by atoms with Gasteiger partial charge in [-0.3, -0.25) is 0 Å².